The molecule has 0 bridgehead atoms. The first-order chi connectivity index (χ1) is 12.6. The van der Waals surface area contributed by atoms with Gasteiger partial charge in [-0.1, -0.05) is 41.9 Å². The highest BCUT2D eigenvalue weighted by Crippen LogP contribution is 2.31. The van der Waals surface area contributed by atoms with Crippen LogP contribution in [0.4, 0.5) is 5.69 Å². The lowest BCUT2D eigenvalue weighted by Crippen LogP contribution is -2.34. The topological polar surface area (TPSA) is 67.6 Å². The van der Waals surface area contributed by atoms with Crippen LogP contribution in [-0.4, -0.2) is 37.6 Å². The fourth-order valence-corrected chi connectivity index (χ4v) is 3.63. The highest BCUT2D eigenvalue weighted by Gasteiger charge is 2.25. The molecule has 1 amide bonds. The predicted octanol–water partition coefficient (Wildman–Crippen LogP) is 3.50. The van der Waals surface area contributed by atoms with Crippen molar-refractivity contribution in [2.75, 3.05) is 32.5 Å². The maximum absolute atomic E-state index is 12.5. The van der Waals surface area contributed by atoms with E-state index in [4.69, 9.17) is 22.1 Å². The lowest BCUT2D eigenvalue weighted by Gasteiger charge is -2.25. The number of rotatable bonds is 6. The summed E-state index contributed by atoms with van der Waals surface area (Å²) in [6.45, 7) is 2.41. The molecule has 1 heterocycles. The smallest absolute Gasteiger partial charge is 0.255 e. The first-order valence-corrected chi connectivity index (χ1v) is 9.18. The summed E-state index contributed by atoms with van der Waals surface area (Å²) in [7, 11) is 1.51. The third-order valence-electron chi connectivity index (χ3n) is 4.80. The van der Waals surface area contributed by atoms with Gasteiger partial charge in [-0.3, -0.25) is 9.69 Å². The summed E-state index contributed by atoms with van der Waals surface area (Å²) < 4.78 is 5.25. The summed E-state index contributed by atoms with van der Waals surface area (Å²) >= 11 is 6.04. The lowest BCUT2D eigenvalue weighted by atomic mass is 10.0. The molecule has 1 aliphatic rings. The number of nitrogens with two attached hydrogens (primary N) is 1. The summed E-state index contributed by atoms with van der Waals surface area (Å²) in [5.74, 6) is 0.215. The number of anilines is 1. The number of benzene rings is 2. The van der Waals surface area contributed by atoms with E-state index in [0.717, 1.165) is 19.5 Å². The third-order valence-corrected chi connectivity index (χ3v) is 5.12. The minimum Gasteiger partial charge on any atom is -0.496 e. The van der Waals surface area contributed by atoms with E-state index >= 15 is 0 Å². The molecule has 138 valence electrons. The number of carbonyl (C=O) groups is 1. The van der Waals surface area contributed by atoms with Crippen LogP contribution in [0.25, 0.3) is 0 Å². The minimum absolute atomic E-state index is 0.209. The van der Waals surface area contributed by atoms with Crippen molar-refractivity contribution in [1.29, 1.82) is 0 Å². The average molecular weight is 374 g/mol. The monoisotopic (exact) mass is 373 g/mol. The number of methoxy groups -OCH3 is 1. The second-order valence-electron chi connectivity index (χ2n) is 6.43. The largest absolute Gasteiger partial charge is 0.496 e. The number of halogens is 1. The van der Waals surface area contributed by atoms with Gasteiger partial charge in [0.1, 0.15) is 5.75 Å². The summed E-state index contributed by atoms with van der Waals surface area (Å²) in [5.41, 5.74) is 7.89. The van der Waals surface area contributed by atoms with E-state index in [2.05, 4.69) is 34.5 Å². The summed E-state index contributed by atoms with van der Waals surface area (Å²) in [6, 6.07) is 14.1. The van der Waals surface area contributed by atoms with Gasteiger partial charge in [0, 0.05) is 25.2 Å². The van der Waals surface area contributed by atoms with Crippen molar-refractivity contribution in [3.05, 3.63) is 58.6 Å². The van der Waals surface area contributed by atoms with Crippen molar-refractivity contribution in [2.24, 2.45) is 0 Å². The molecular formula is C20H24ClN3O2. The van der Waals surface area contributed by atoms with Gasteiger partial charge < -0.3 is 15.8 Å². The van der Waals surface area contributed by atoms with E-state index in [1.807, 2.05) is 6.07 Å². The molecule has 0 aromatic heterocycles. The van der Waals surface area contributed by atoms with Crippen molar-refractivity contribution in [1.82, 2.24) is 10.2 Å². The fraction of sp³-hybridized carbons (Fsp3) is 0.350. The number of nitrogen functional groups attached to an aromatic ring is 1. The maximum Gasteiger partial charge on any atom is 0.255 e. The van der Waals surface area contributed by atoms with Crippen molar-refractivity contribution in [3.63, 3.8) is 0 Å². The normalized spacial score (nSPS) is 17.2. The number of ether oxygens (including phenoxy) is 1. The highest BCUT2D eigenvalue weighted by atomic mass is 35.5. The third kappa shape index (κ3) is 4.11. The number of hydrogen-bond acceptors (Lipinski definition) is 4. The van der Waals surface area contributed by atoms with Gasteiger partial charge in [-0.15, -0.1) is 0 Å². The van der Waals surface area contributed by atoms with E-state index in [-0.39, 0.29) is 5.91 Å². The molecule has 1 saturated heterocycles. The number of carbonyl (C=O) groups excluding carboxylic acids is 1. The van der Waals surface area contributed by atoms with Crippen LogP contribution in [0, 0.1) is 0 Å². The van der Waals surface area contributed by atoms with Gasteiger partial charge in [0.25, 0.3) is 5.91 Å². The molecule has 3 N–H and O–H groups in total. The zero-order valence-electron chi connectivity index (χ0n) is 14.9. The first kappa shape index (κ1) is 18.5. The number of hydrogen-bond donors (Lipinski definition) is 2. The first-order valence-electron chi connectivity index (χ1n) is 8.80. The summed E-state index contributed by atoms with van der Waals surface area (Å²) in [5, 5.41) is 3.31. The van der Waals surface area contributed by atoms with E-state index < -0.39 is 0 Å². The SMILES string of the molecule is COc1cc(N)c(Cl)cc1C(=O)NCCN1CCCC1c1ccccc1. The van der Waals surface area contributed by atoms with E-state index in [1.165, 1.54) is 19.1 Å². The Labute approximate surface area is 159 Å². The van der Waals surface area contributed by atoms with Gasteiger partial charge in [-0.2, -0.15) is 0 Å². The number of nitrogens with zero attached hydrogens (tertiary/aromatic N) is 1. The summed E-state index contributed by atoms with van der Waals surface area (Å²) in [4.78, 5) is 14.9. The van der Waals surface area contributed by atoms with Crippen molar-refractivity contribution in [3.8, 4) is 5.75 Å². The molecule has 0 saturated carbocycles. The Hall–Kier alpha value is -2.24. The molecule has 1 unspecified atom stereocenters. The molecular weight excluding hydrogens is 350 g/mol. The number of nitrogens with one attached hydrogen (secondary N) is 1. The molecule has 0 radical (unpaired) electrons. The zero-order chi connectivity index (χ0) is 18.5. The van der Waals surface area contributed by atoms with E-state index in [9.17, 15) is 4.79 Å². The summed E-state index contributed by atoms with van der Waals surface area (Å²) in [6.07, 6.45) is 2.33. The van der Waals surface area contributed by atoms with Crippen LogP contribution in [0.15, 0.2) is 42.5 Å². The Morgan fingerprint density at radius 3 is 2.85 bits per heavy atom. The quantitative estimate of drug-likeness (QED) is 0.760. The van der Waals surface area contributed by atoms with Gasteiger partial charge in [-0.25, -0.2) is 0 Å². The highest BCUT2D eigenvalue weighted by molar-refractivity contribution is 6.33. The number of likely N-dealkylation sites (tertiary alicyclic amines) is 1. The number of amides is 1. The molecule has 26 heavy (non-hydrogen) atoms. The van der Waals surface area contributed by atoms with Gasteiger partial charge in [-0.05, 0) is 31.0 Å². The average Bonchev–Trinajstić information content (AvgIpc) is 3.12. The van der Waals surface area contributed by atoms with Crippen molar-refractivity contribution < 1.29 is 9.53 Å². The Balaban J connectivity index is 1.59. The van der Waals surface area contributed by atoms with Crippen molar-refractivity contribution in [2.45, 2.75) is 18.9 Å². The lowest BCUT2D eigenvalue weighted by molar-refractivity contribution is 0.0944. The van der Waals surface area contributed by atoms with Crippen molar-refractivity contribution >= 4 is 23.2 Å². The molecule has 0 spiro atoms. The Morgan fingerprint density at radius 2 is 2.12 bits per heavy atom. The van der Waals surface area contributed by atoms with Gasteiger partial charge >= 0.3 is 0 Å². The molecule has 2 aromatic rings. The van der Waals surface area contributed by atoms with Crippen LogP contribution >= 0.6 is 11.6 Å². The second-order valence-corrected chi connectivity index (χ2v) is 6.84. The van der Waals surface area contributed by atoms with Crippen LogP contribution in [-0.2, 0) is 0 Å². The fourth-order valence-electron chi connectivity index (χ4n) is 3.47. The Morgan fingerprint density at radius 1 is 1.35 bits per heavy atom. The molecule has 5 nitrogen and oxygen atoms in total. The van der Waals surface area contributed by atoms with Crippen LogP contribution in [0.3, 0.4) is 0 Å². The molecule has 2 aromatic carbocycles. The van der Waals surface area contributed by atoms with Gasteiger partial charge in [0.2, 0.25) is 0 Å². The van der Waals surface area contributed by atoms with Gasteiger partial charge in [0.15, 0.2) is 0 Å². The molecule has 1 aliphatic heterocycles. The van der Waals surface area contributed by atoms with E-state index in [1.54, 1.807) is 12.1 Å². The van der Waals surface area contributed by atoms with Gasteiger partial charge in [0.05, 0.1) is 23.4 Å². The maximum atomic E-state index is 12.5. The molecule has 1 atom stereocenters. The molecule has 1 fully saturated rings. The van der Waals surface area contributed by atoms with Crippen LogP contribution in [0.1, 0.15) is 34.8 Å². The molecule has 6 heteroatoms. The second kappa shape index (κ2) is 8.43. The molecule has 3 rings (SSSR count). The van der Waals surface area contributed by atoms with Crippen LogP contribution in [0.2, 0.25) is 5.02 Å². The van der Waals surface area contributed by atoms with Crippen LogP contribution in [0.5, 0.6) is 5.75 Å². The zero-order valence-corrected chi connectivity index (χ0v) is 15.6. The standard InChI is InChI=1S/C20H24ClN3O2/c1-26-19-13-17(22)16(21)12-15(19)20(25)23-9-11-24-10-5-8-18(24)14-6-3-2-4-7-14/h2-4,6-7,12-13,18H,5,8-11,22H2,1H3,(H,23,25). The Bertz CT molecular complexity index is 767. The van der Waals surface area contributed by atoms with E-state index in [0.29, 0.717) is 34.6 Å². The minimum atomic E-state index is -0.209. The predicted molar refractivity (Wildman–Crippen MR) is 105 cm³/mol. The van der Waals surface area contributed by atoms with Crippen LogP contribution < -0.4 is 15.8 Å². The Kier molecular flexibility index (Phi) is 6.01. The molecule has 0 aliphatic carbocycles.